The number of ether oxygens (including phenoxy) is 1. The zero-order valence-electron chi connectivity index (χ0n) is 16.9. The highest BCUT2D eigenvalue weighted by Gasteiger charge is 2.34. The van der Waals surface area contributed by atoms with Crippen molar-refractivity contribution in [1.29, 1.82) is 0 Å². The normalized spacial score (nSPS) is 18.3. The maximum atomic E-state index is 13.3. The average molecular weight is 445 g/mol. The van der Waals surface area contributed by atoms with Crippen LogP contribution in [0.1, 0.15) is 39.3 Å². The molecule has 2 N–H and O–H groups in total. The molecule has 10 heteroatoms. The predicted octanol–water partition coefficient (Wildman–Crippen LogP) is 5.22. The monoisotopic (exact) mass is 444 g/mol. The van der Waals surface area contributed by atoms with Crippen molar-refractivity contribution in [1.82, 2.24) is 15.3 Å². The minimum Gasteiger partial charge on any atom is -0.444 e. The molecule has 1 atom stereocenters. The Bertz CT molecular complexity index is 931. The number of rotatable bonds is 3. The first-order valence-corrected chi connectivity index (χ1v) is 9.97. The van der Waals surface area contributed by atoms with Crippen LogP contribution in [0.4, 0.5) is 23.7 Å². The topological polar surface area (TPSA) is 66.5 Å². The molecule has 3 rings (SSSR count). The smallest absolute Gasteiger partial charge is 0.433 e. The molecule has 0 bridgehead atoms. The van der Waals surface area contributed by atoms with E-state index in [2.05, 4.69) is 15.7 Å². The molecule has 0 aliphatic carbocycles. The molecule has 1 aromatic heterocycles. The number of pyridine rings is 1. The van der Waals surface area contributed by atoms with Gasteiger partial charge in [0.25, 0.3) is 0 Å². The Hall–Kier alpha value is -2.26. The third-order valence-corrected chi connectivity index (χ3v) is 4.72. The highest BCUT2D eigenvalue weighted by molar-refractivity contribution is 6.31. The molecule has 0 radical (unpaired) electrons. The molecule has 1 saturated heterocycles. The zero-order chi connectivity index (χ0) is 22.1. The Labute approximate surface area is 177 Å². The number of aromatic nitrogens is 1. The molecule has 2 aromatic rings. The number of halogens is 4. The Morgan fingerprint density at radius 2 is 2.00 bits per heavy atom. The van der Waals surface area contributed by atoms with Crippen LogP contribution in [0, 0.1) is 0 Å². The van der Waals surface area contributed by atoms with Gasteiger partial charge in [-0.25, -0.2) is 14.8 Å². The van der Waals surface area contributed by atoms with E-state index in [0.29, 0.717) is 23.5 Å². The number of nitrogens with one attached hydrogen (secondary N) is 2. The molecular formula is C20H24ClF3N4O2. The molecule has 164 valence electrons. The summed E-state index contributed by atoms with van der Waals surface area (Å²) in [7, 11) is 0. The highest BCUT2D eigenvalue weighted by atomic mass is 35.5. The fraction of sp³-hybridized carbons (Fsp3) is 0.500. The second-order valence-corrected chi connectivity index (χ2v) is 8.69. The van der Waals surface area contributed by atoms with Crippen molar-refractivity contribution in [2.45, 2.75) is 51.4 Å². The molecule has 1 aromatic carbocycles. The summed E-state index contributed by atoms with van der Waals surface area (Å²) in [6.45, 7) is 6.35. The fourth-order valence-electron chi connectivity index (χ4n) is 3.28. The lowest BCUT2D eigenvalue weighted by Gasteiger charge is -2.34. The maximum Gasteiger partial charge on any atom is 0.433 e. The molecule has 1 amide bonds. The summed E-state index contributed by atoms with van der Waals surface area (Å²) in [6.07, 6.45) is -3.60. The average Bonchev–Trinajstić information content (AvgIpc) is 2.59. The second kappa shape index (κ2) is 8.47. The molecule has 30 heavy (non-hydrogen) atoms. The van der Waals surface area contributed by atoms with Crippen LogP contribution in [-0.4, -0.2) is 40.8 Å². The van der Waals surface area contributed by atoms with E-state index in [1.807, 2.05) is 0 Å². The Morgan fingerprint density at radius 3 is 2.67 bits per heavy atom. The van der Waals surface area contributed by atoms with Crippen molar-refractivity contribution in [3.63, 3.8) is 0 Å². The Balaban J connectivity index is 1.79. The minimum atomic E-state index is -4.58. The van der Waals surface area contributed by atoms with Gasteiger partial charge in [0.2, 0.25) is 0 Å². The number of piperidine rings is 1. The van der Waals surface area contributed by atoms with Crippen LogP contribution in [0.15, 0.2) is 24.3 Å². The van der Waals surface area contributed by atoms with Crippen molar-refractivity contribution in [3.8, 4) is 0 Å². The zero-order valence-corrected chi connectivity index (χ0v) is 17.7. The van der Waals surface area contributed by atoms with Crippen molar-refractivity contribution in [2.75, 3.05) is 18.5 Å². The van der Waals surface area contributed by atoms with E-state index in [1.165, 1.54) is 12.1 Å². The number of nitrogens with zero attached hydrogens (tertiary/aromatic N) is 2. The van der Waals surface area contributed by atoms with Crippen molar-refractivity contribution < 1.29 is 22.7 Å². The first-order valence-electron chi connectivity index (χ1n) is 9.59. The van der Waals surface area contributed by atoms with Gasteiger partial charge >= 0.3 is 12.3 Å². The number of anilines is 1. The summed E-state index contributed by atoms with van der Waals surface area (Å²) in [5.41, 5.74) is 1.91. The number of benzene rings is 1. The van der Waals surface area contributed by atoms with E-state index >= 15 is 0 Å². The third-order valence-electron chi connectivity index (χ3n) is 4.48. The van der Waals surface area contributed by atoms with Crippen LogP contribution in [0.25, 0.3) is 10.9 Å². The third kappa shape index (κ3) is 5.89. The van der Waals surface area contributed by atoms with Gasteiger partial charge in [-0.1, -0.05) is 11.6 Å². The van der Waals surface area contributed by atoms with E-state index in [1.54, 1.807) is 31.8 Å². The van der Waals surface area contributed by atoms with Gasteiger partial charge in [0.05, 0.1) is 11.2 Å². The summed E-state index contributed by atoms with van der Waals surface area (Å²) >= 11 is 6.04. The number of hydrogen-bond acceptors (Lipinski definition) is 5. The number of alkyl halides is 3. The number of hydrazine groups is 1. The lowest BCUT2D eigenvalue weighted by molar-refractivity contribution is -0.140. The van der Waals surface area contributed by atoms with E-state index in [-0.39, 0.29) is 17.2 Å². The van der Waals surface area contributed by atoms with E-state index in [4.69, 9.17) is 16.3 Å². The van der Waals surface area contributed by atoms with Crippen LogP contribution >= 0.6 is 11.6 Å². The second-order valence-electron chi connectivity index (χ2n) is 8.26. The predicted molar refractivity (Wildman–Crippen MR) is 109 cm³/mol. The minimum absolute atomic E-state index is 0.192. The number of amides is 1. The van der Waals surface area contributed by atoms with Gasteiger partial charge in [0, 0.05) is 29.5 Å². The summed E-state index contributed by atoms with van der Waals surface area (Å²) in [5.74, 6) is 0. The van der Waals surface area contributed by atoms with Gasteiger partial charge in [0.15, 0.2) is 0 Å². The molecular weight excluding hydrogens is 421 g/mol. The van der Waals surface area contributed by atoms with E-state index in [9.17, 15) is 18.0 Å². The van der Waals surface area contributed by atoms with Crippen LogP contribution in [-0.2, 0) is 10.9 Å². The molecule has 6 nitrogen and oxygen atoms in total. The SMILES string of the molecule is CC(C)(C)OC(=O)N[C@@H]1CCCN(Nc2cc(C(F)(F)F)nc3ccc(Cl)cc23)C1. The molecule has 1 aliphatic rings. The molecule has 0 saturated carbocycles. The highest BCUT2D eigenvalue weighted by Crippen LogP contribution is 2.34. The van der Waals surface area contributed by atoms with Crippen LogP contribution in [0.5, 0.6) is 0 Å². The van der Waals surface area contributed by atoms with E-state index in [0.717, 1.165) is 18.9 Å². The first-order chi connectivity index (χ1) is 13.9. The maximum absolute atomic E-state index is 13.3. The summed E-state index contributed by atoms with van der Waals surface area (Å²) < 4.78 is 45.2. The number of hydrogen-bond donors (Lipinski definition) is 2. The molecule has 0 spiro atoms. The molecule has 2 heterocycles. The molecule has 1 fully saturated rings. The lowest BCUT2D eigenvalue weighted by atomic mass is 10.1. The van der Waals surface area contributed by atoms with Gasteiger partial charge in [-0.15, -0.1) is 0 Å². The number of carbonyl (C=O) groups is 1. The number of carbonyl (C=O) groups excluding carboxylic acids is 1. The Kier molecular flexibility index (Phi) is 6.33. The van der Waals surface area contributed by atoms with Gasteiger partial charge < -0.3 is 15.5 Å². The van der Waals surface area contributed by atoms with Gasteiger partial charge in [-0.3, -0.25) is 0 Å². The standard InChI is InChI=1S/C20H24ClF3N4O2/c1-19(2,3)30-18(29)25-13-5-4-8-28(11-13)27-16-10-17(20(22,23)24)26-15-7-6-12(21)9-14(15)16/h6-7,9-10,13H,4-5,8,11H2,1-3H3,(H,25,29)(H,26,27)/t13-/m1/s1. The van der Waals surface area contributed by atoms with E-state index < -0.39 is 23.6 Å². The number of fused-ring (bicyclic) bond motifs is 1. The van der Waals surface area contributed by atoms with Crippen molar-refractivity contribution >= 4 is 34.3 Å². The van der Waals surface area contributed by atoms with Gasteiger partial charge in [-0.05, 0) is 57.9 Å². The fourth-order valence-corrected chi connectivity index (χ4v) is 3.45. The van der Waals surface area contributed by atoms with Crippen LogP contribution in [0.3, 0.4) is 0 Å². The van der Waals surface area contributed by atoms with Crippen LogP contribution in [0.2, 0.25) is 5.02 Å². The van der Waals surface area contributed by atoms with Gasteiger partial charge in [0.1, 0.15) is 11.3 Å². The lowest BCUT2D eigenvalue weighted by Crippen LogP contribution is -2.50. The van der Waals surface area contributed by atoms with Crippen molar-refractivity contribution in [3.05, 3.63) is 35.0 Å². The molecule has 0 unspecified atom stereocenters. The van der Waals surface area contributed by atoms with Crippen molar-refractivity contribution in [2.24, 2.45) is 0 Å². The largest absolute Gasteiger partial charge is 0.444 e. The summed E-state index contributed by atoms with van der Waals surface area (Å²) in [5, 5.41) is 5.48. The van der Waals surface area contributed by atoms with Crippen LogP contribution < -0.4 is 10.7 Å². The summed E-state index contributed by atoms with van der Waals surface area (Å²) in [6, 6.07) is 5.32. The summed E-state index contributed by atoms with van der Waals surface area (Å²) in [4.78, 5) is 15.8. The molecule has 1 aliphatic heterocycles. The Morgan fingerprint density at radius 1 is 1.27 bits per heavy atom. The number of alkyl carbamates (subject to hydrolysis) is 1. The quantitative estimate of drug-likeness (QED) is 0.679. The first kappa shape index (κ1) is 22.4. The van der Waals surface area contributed by atoms with Gasteiger partial charge in [-0.2, -0.15) is 13.2 Å².